The monoisotopic (exact) mass is 216 g/mol. The summed E-state index contributed by atoms with van der Waals surface area (Å²) in [6.07, 6.45) is 4.65. The standard InChI is InChI=1S/C11H20O4/c1-2-3-4-5-9(8-11(14)15)6-7-10(12)13/h9H,2-8H2,1H3,(H,12,13)(H,14,15). The average Bonchev–Trinajstić information content (AvgIpc) is 2.13. The quantitative estimate of drug-likeness (QED) is 0.581. The summed E-state index contributed by atoms with van der Waals surface area (Å²) in [4.78, 5) is 20.9. The third-order valence-corrected chi connectivity index (χ3v) is 2.45. The molecule has 15 heavy (non-hydrogen) atoms. The first-order valence-corrected chi connectivity index (χ1v) is 5.49. The van der Waals surface area contributed by atoms with Gasteiger partial charge in [-0.2, -0.15) is 0 Å². The molecule has 0 radical (unpaired) electrons. The topological polar surface area (TPSA) is 74.6 Å². The van der Waals surface area contributed by atoms with Crippen molar-refractivity contribution in [3.8, 4) is 0 Å². The summed E-state index contributed by atoms with van der Waals surface area (Å²) in [6, 6.07) is 0. The minimum atomic E-state index is -0.846. The van der Waals surface area contributed by atoms with Crippen molar-refractivity contribution in [3.05, 3.63) is 0 Å². The van der Waals surface area contributed by atoms with Crippen molar-refractivity contribution in [3.63, 3.8) is 0 Å². The van der Waals surface area contributed by atoms with Crippen LogP contribution in [0.5, 0.6) is 0 Å². The van der Waals surface area contributed by atoms with Gasteiger partial charge in [-0.1, -0.05) is 26.2 Å². The molecular weight excluding hydrogens is 196 g/mol. The van der Waals surface area contributed by atoms with Gasteiger partial charge in [0.2, 0.25) is 0 Å². The lowest BCUT2D eigenvalue weighted by molar-refractivity contribution is -0.140. The Labute approximate surface area is 90.3 Å². The van der Waals surface area contributed by atoms with E-state index in [4.69, 9.17) is 10.2 Å². The molecule has 4 nitrogen and oxygen atoms in total. The Morgan fingerprint density at radius 2 is 1.73 bits per heavy atom. The summed E-state index contributed by atoms with van der Waals surface area (Å²) < 4.78 is 0. The second-order valence-corrected chi connectivity index (χ2v) is 3.89. The van der Waals surface area contributed by atoms with Crippen molar-refractivity contribution in [1.29, 1.82) is 0 Å². The summed E-state index contributed by atoms with van der Waals surface area (Å²) in [7, 11) is 0. The molecule has 0 saturated heterocycles. The van der Waals surface area contributed by atoms with E-state index in [0.29, 0.717) is 6.42 Å². The SMILES string of the molecule is CCCCCC(CCC(=O)O)CC(=O)O. The number of carboxylic acid groups (broad SMARTS) is 2. The Morgan fingerprint density at radius 3 is 2.20 bits per heavy atom. The highest BCUT2D eigenvalue weighted by Gasteiger charge is 2.14. The molecule has 0 aromatic carbocycles. The normalized spacial score (nSPS) is 12.3. The fourth-order valence-electron chi connectivity index (χ4n) is 1.61. The summed E-state index contributed by atoms with van der Waals surface area (Å²) in [5, 5.41) is 17.2. The third kappa shape index (κ3) is 9.25. The van der Waals surface area contributed by atoms with E-state index < -0.39 is 11.9 Å². The van der Waals surface area contributed by atoms with Gasteiger partial charge >= 0.3 is 11.9 Å². The molecular formula is C11H20O4. The minimum Gasteiger partial charge on any atom is -0.481 e. The van der Waals surface area contributed by atoms with Gasteiger partial charge < -0.3 is 10.2 Å². The zero-order chi connectivity index (χ0) is 11.7. The van der Waals surface area contributed by atoms with Crippen molar-refractivity contribution in [2.45, 2.75) is 51.9 Å². The van der Waals surface area contributed by atoms with Gasteiger partial charge in [0.15, 0.2) is 0 Å². The molecule has 0 heterocycles. The Hall–Kier alpha value is -1.06. The molecule has 0 aromatic heterocycles. The van der Waals surface area contributed by atoms with Crippen LogP contribution in [-0.4, -0.2) is 22.2 Å². The summed E-state index contributed by atoms with van der Waals surface area (Å²) in [5.74, 6) is -1.66. The van der Waals surface area contributed by atoms with E-state index in [1.165, 1.54) is 0 Å². The molecule has 0 amide bonds. The van der Waals surface area contributed by atoms with Crippen molar-refractivity contribution < 1.29 is 19.8 Å². The first-order chi connectivity index (χ1) is 7.06. The number of carboxylic acids is 2. The van der Waals surface area contributed by atoms with Crippen LogP contribution in [0, 0.1) is 5.92 Å². The first-order valence-electron chi connectivity index (χ1n) is 5.49. The van der Waals surface area contributed by atoms with Gasteiger partial charge in [0, 0.05) is 12.8 Å². The highest BCUT2D eigenvalue weighted by Crippen LogP contribution is 2.19. The molecule has 0 aliphatic carbocycles. The van der Waals surface area contributed by atoms with E-state index in [0.717, 1.165) is 25.7 Å². The molecule has 0 aliphatic rings. The van der Waals surface area contributed by atoms with E-state index >= 15 is 0 Å². The van der Waals surface area contributed by atoms with Crippen LogP contribution in [0.25, 0.3) is 0 Å². The van der Waals surface area contributed by atoms with Gasteiger partial charge in [0.1, 0.15) is 0 Å². The largest absolute Gasteiger partial charge is 0.481 e. The van der Waals surface area contributed by atoms with E-state index in [2.05, 4.69) is 6.92 Å². The molecule has 1 unspecified atom stereocenters. The highest BCUT2D eigenvalue weighted by molar-refractivity contribution is 5.68. The van der Waals surface area contributed by atoms with Gasteiger partial charge in [-0.25, -0.2) is 0 Å². The van der Waals surface area contributed by atoms with Crippen LogP contribution in [-0.2, 0) is 9.59 Å². The number of carbonyl (C=O) groups is 2. The Balaban J connectivity index is 3.83. The van der Waals surface area contributed by atoms with Gasteiger partial charge in [0.25, 0.3) is 0 Å². The van der Waals surface area contributed by atoms with Crippen molar-refractivity contribution in [2.75, 3.05) is 0 Å². The highest BCUT2D eigenvalue weighted by atomic mass is 16.4. The molecule has 0 bridgehead atoms. The number of aliphatic carboxylic acids is 2. The zero-order valence-corrected chi connectivity index (χ0v) is 9.24. The number of hydrogen-bond donors (Lipinski definition) is 2. The van der Waals surface area contributed by atoms with Crippen LogP contribution in [0.4, 0.5) is 0 Å². The Morgan fingerprint density at radius 1 is 1.07 bits per heavy atom. The zero-order valence-electron chi connectivity index (χ0n) is 9.24. The molecule has 0 spiro atoms. The second kappa shape index (κ2) is 8.26. The van der Waals surface area contributed by atoms with Crippen molar-refractivity contribution in [1.82, 2.24) is 0 Å². The van der Waals surface area contributed by atoms with Crippen LogP contribution in [0.3, 0.4) is 0 Å². The molecule has 0 aromatic rings. The maximum Gasteiger partial charge on any atom is 0.303 e. The fourth-order valence-corrected chi connectivity index (χ4v) is 1.61. The fraction of sp³-hybridized carbons (Fsp3) is 0.818. The summed E-state index contributed by atoms with van der Waals surface area (Å²) in [6.45, 7) is 2.09. The van der Waals surface area contributed by atoms with Gasteiger partial charge in [-0.15, -0.1) is 0 Å². The lowest BCUT2D eigenvalue weighted by Gasteiger charge is -2.12. The smallest absolute Gasteiger partial charge is 0.303 e. The molecule has 0 aliphatic heterocycles. The number of hydrogen-bond acceptors (Lipinski definition) is 2. The number of rotatable bonds is 9. The molecule has 2 N–H and O–H groups in total. The van der Waals surface area contributed by atoms with Crippen molar-refractivity contribution >= 4 is 11.9 Å². The van der Waals surface area contributed by atoms with Crippen LogP contribution in [0.1, 0.15) is 51.9 Å². The molecule has 1 atom stereocenters. The third-order valence-electron chi connectivity index (χ3n) is 2.45. The Kier molecular flexibility index (Phi) is 7.68. The summed E-state index contributed by atoms with van der Waals surface area (Å²) in [5.41, 5.74) is 0. The molecule has 0 fully saturated rings. The Bertz CT molecular complexity index is 201. The minimum absolute atomic E-state index is 0.0187. The van der Waals surface area contributed by atoms with Crippen LogP contribution >= 0.6 is 0 Å². The van der Waals surface area contributed by atoms with Crippen LogP contribution < -0.4 is 0 Å². The summed E-state index contributed by atoms with van der Waals surface area (Å²) >= 11 is 0. The van der Waals surface area contributed by atoms with E-state index in [9.17, 15) is 9.59 Å². The van der Waals surface area contributed by atoms with E-state index in [1.807, 2.05) is 0 Å². The van der Waals surface area contributed by atoms with Gasteiger partial charge in [-0.3, -0.25) is 9.59 Å². The van der Waals surface area contributed by atoms with Crippen LogP contribution in [0.2, 0.25) is 0 Å². The first kappa shape index (κ1) is 13.9. The number of unbranched alkanes of at least 4 members (excludes halogenated alkanes) is 2. The lowest BCUT2D eigenvalue weighted by Crippen LogP contribution is -2.10. The average molecular weight is 216 g/mol. The van der Waals surface area contributed by atoms with Gasteiger partial charge in [0.05, 0.1) is 0 Å². The van der Waals surface area contributed by atoms with E-state index in [-0.39, 0.29) is 18.8 Å². The lowest BCUT2D eigenvalue weighted by atomic mass is 9.93. The molecule has 88 valence electrons. The predicted octanol–water partition coefficient (Wildman–Crippen LogP) is 2.52. The van der Waals surface area contributed by atoms with Gasteiger partial charge in [-0.05, 0) is 18.8 Å². The predicted molar refractivity (Wildman–Crippen MR) is 56.8 cm³/mol. The molecule has 0 saturated carbocycles. The molecule has 4 heteroatoms. The maximum absolute atomic E-state index is 10.5. The molecule has 0 rings (SSSR count). The van der Waals surface area contributed by atoms with Crippen molar-refractivity contribution in [2.24, 2.45) is 5.92 Å². The second-order valence-electron chi connectivity index (χ2n) is 3.89. The van der Waals surface area contributed by atoms with E-state index in [1.54, 1.807) is 0 Å². The van der Waals surface area contributed by atoms with Crippen LogP contribution in [0.15, 0.2) is 0 Å². The maximum atomic E-state index is 10.5.